The Balaban J connectivity index is 0.000000139. The molecular weight excluding hydrogens is 1870 g/mol. The van der Waals surface area contributed by atoms with Crippen molar-refractivity contribution in [1.82, 2.24) is 0 Å². The van der Waals surface area contributed by atoms with E-state index < -0.39 is 79.9 Å². The second-order valence-electron chi connectivity index (χ2n) is 32.0. The molecule has 0 aliphatic heterocycles. The number of rotatable bonds is 27. The average molecular weight is 1980 g/mol. The zero-order chi connectivity index (χ0) is 96.6. The summed E-state index contributed by atoms with van der Waals surface area (Å²) in [5, 5.41) is 0. The van der Waals surface area contributed by atoms with Crippen LogP contribution in [0.1, 0.15) is 0 Å². The Kier molecular flexibility index (Phi) is 33.5. The maximum absolute atomic E-state index is 16.1. The van der Waals surface area contributed by atoms with Gasteiger partial charge in [0.15, 0.2) is 0 Å². The Morgan fingerprint density at radius 1 is 0.0993 bits per heavy atom. The Bertz CT molecular complexity index is 5760. The summed E-state index contributed by atoms with van der Waals surface area (Å²) in [5.41, 5.74) is 0. The molecule has 0 bridgehead atoms. The van der Waals surface area contributed by atoms with E-state index in [-0.39, 0.29) is 0 Å². The van der Waals surface area contributed by atoms with Crippen LogP contribution in [-0.2, 0) is 12.3 Å². The van der Waals surface area contributed by atoms with Crippen molar-refractivity contribution >= 4 is 79.9 Å². The Hall–Kier alpha value is -14.3. The number of hydrogen-bond donors (Lipinski definition) is 0. The minimum absolute atomic E-state index is 0.734. The van der Waals surface area contributed by atoms with Gasteiger partial charge in [-0.2, -0.15) is 15.5 Å². The maximum Gasteiger partial charge on any atom is 0.673 e. The molecule has 0 spiro atoms. The Morgan fingerprint density at radius 3 is 0.234 bits per heavy atom. The third-order valence-electron chi connectivity index (χ3n) is 23.2. The van der Waals surface area contributed by atoms with Crippen LogP contribution in [-0.4, -0.2) is 7.32 Å². The molecule has 0 saturated carbocycles. The van der Waals surface area contributed by atoms with E-state index in [1.165, 1.54) is 0 Å². The van der Waals surface area contributed by atoms with Crippen LogP contribution in [0, 0.1) is 0 Å². The zero-order valence-corrected chi connectivity index (χ0v) is 83.0. The molecule has 0 unspecified atom stereocenters. The van der Waals surface area contributed by atoms with Gasteiger partial charge in [-0.05, 0) is 296 Å². The molecule has 0 radical (unpaired) electrons. The first-order chi connectivity index (χ1) is 69.5. The fraction of sp³-hybridized carbons (Fsp3) is 0. The lowest BCUT2D eigenvalue weighted by molar-refractivity contribution is 0.353. The molecule has 3 nitrogen and oxygen atoms in total. The highest BCUT2D eigenvalue weighted by molar-refractivity contribution is 8.33. The summed E-state index contributed by atoms with van der Waals surface area (Å²) in [6, 6.07) is 208. The third kappa shape index (κ3) is 22.2. The molecule has 0 saturated heterocycles. The molecule has 0 aromatic heterocycles. The second-order valence-corrected chi connectivity index (χ2v) is 50.1. The first-order valence-electron chi connectivity index (χ1n) is 46.2. The molecule has 0 aliphatic rings. The largest absolute Gasteiger partial charge is 0.673 e. The zero-order valence-electron chi connectivity index (χ0n) is 77.3. The molecule has 21 aromatic rings. The topological polar surface area (TPSA) is 27.7 Å². The Labute approximate surface area is 840 Å². The first kappa shape index (κ1) is 98.3. The summed E-state index contributed by atoms with van der Waals surface area (Å²) in [5.74, 6) is 0. The highest BCUT2D eigenvalue weighted by Gasteiger charge is 2.50. The predicted molar refractivity (Wildman–Crippen MR) is 585 cm³/mol. The van der Waals surface area contributed by atoms with Crippen LogP contribution in [0.25, 0.3) is 0 Å². The van der Waals surface area contributed by atoms with Crippen LogP contribution in [0.5, 0.6) is 0 Å². The lowest BCUT2D eigenvalue weighted by Gasteiger charge is -2.49. The molecule has 0 aliphatic carbocycles. The molecule has 0 heterocycles. The minimum atomic E-state index is -2.68. The lowest BCUT2D eigenvalue weighted by atomic mass is 10.3. The molecule has 0 amide bonds. The summed E-state index contributed by atoms with van der Waals surface area (Å²) in [4.78, 5) is 18.0. The average Bonchev–Trinajstić information content (AvgIpc) is 0.723. The van der Waals surface area contributed by atoms with E-state index in [1.807, 2.05) is 364 Å². The molecule has 21 rings (SSSR count). The van der Waals surface area contributed by atoms with Crippen molar-refractivity contribution < 1.29 is 27.8 Å². The Morgan fingerprint density at radius 2 is 0.163 bits per heavy atom. The summed E-state index contributed by atoms with van der Waals surface area (Å²) in [6.45, 7) is 0. The first-order valence-corrected chi connectivity index (χ1v) is 57.0. The van der Waals surface area contributed by atoms with Gasteiger partial charge >= 0.3 is 7.32 Å². The van der Waals surface area contributed by atoms with E-state index in [2.05, 4.69) is 273 Å². The molecule has 141 heavy (non-hydrogen) atoms. The van der Waals surface area contributed by atoms with Crippen molar-refractivity contribution in [2.75, 3.05) is 0 Å². The van der Waals surface area contributed by atoms with E-state index >= 15 is 15.5 Å². The van der Waals surface area contributed by atoms with Gasteiger partial charge in [0.1, 0.15) is 0 Å². The van der Waals surface area contributed by atoms with Crippen LogP contribution in [0.2, 0.25) is 0 Å². The lowest BCUT2D eigenvalue weighted by Crippen LogP contribution is -2.33. The van der Waals surface area contributed by atoms with Crippen molar-refractivity contribution in [3.05, 3.63) is 637 Å². The van der Waals surface area contributed by atoms with E-state index in [9.17, 15) is 0 Å². The number of halogens is 4. The highest BCUT2D eigenvalue weighted by Crippen LogP contribution is 2.78. The molecule has 0 atom stereocenters. The van der Waals surface area contributed by atoms with Gasteiger partial charge in [-0.25, -0.2) is 0 Å². The molecule has 700 valence electrons. The van der Waals surface area contributed by atoms with E-state index in [4.69, 9.17) is 12.3 Å². The quantitative estimate of drug-likeness (QED) is 0.0379. The predicted octanol–water partition coefficient (Wildman–Crippen LogP) is 39.1. The van der Waals surface area contributed by atoms with Crippen molar-refractivity contribution in [2.45, 2.75) is 103 Å². The van der Waals surface area contributed by atoms with Gasteiger partial charge in [-0.3, -0.25) is 0 Å². The fourth-order valence-electron chi connectivity index (χ4n) is 16.6. The number of hydrogen-bond acceptors (Lipinski definition) is 3. The van der Waals surface area contributed by atoms with Gasteiger partial charge in [0.25, 0.3) is 0 Å². The van der Waals surface area contributed by atoms with Crippen LogP contribution in [0.4, 0.5) is 15.5 Å². The van der Waals surface area contributed by atoms with Crippen molar-refractivity contribution in [3.63, 3.8) is 0 Å². The van der Waals surface area contributed by atoms with Crippen LogP contribution in [0.15, 0.2) is 740 Å². The van der Waals surface area contributed by atoms with E-state index in [0.717, 1.165) is 103 Å². The SMILES string of the molecule is FS(c1ccccc1)(c1ccccc1)c1ccccc1.FS(c1ccccc1)(c1ccccc1)c1ccccc1.FS(c1ccccc1)(c1ccccc1)c1ccccc1.FS(c1ccccc1)(c1ccccc1)c1ccccc1.c1ccc(S(OB(OS(c2ccccc2)(c2ccccc2)c2ccccc2)OS(c2ccccc2)(c2ccccc2)c2ccccc2)(c2ccccc2)c2ccccc2)cc1. The molecule has 0 N–H and O–H groups in total. The number of benzene rings is 21. The van der Waals surface area contributed by atoms with Crippen LogP contribution < -0.4 is 0 Å². The molecular formula is C126H105BF4O3S7. The monoisotopic (exact) mass is 1980 g/mol. The van der Waals surface area contributed by atoms with Gasteiger partial charge < -0.3 is 12.3 Å². The van der Waals surface area contributed by atoms with E-state index in [0.29, 0.717) is 0 Å². The van der Waals surface area contributed by atoms with Crippen molar-refractivity contribution in [2.24, 2.45) is 0 Å². The highest BCUT2D eigenvalue weighted by atomic mass is 32.3. The summed E-state index contributed by atoms with van der Waals surface area (Å²) in [6.07, 6.45) is 0. The van der Waals surface area contributed by atoms with Gasteiger partial charge in [0, 0.05) is 103 Å². The third-order valence-corrected chi connectivity index (χ3v) is 44.0. The normalized spacial score (nSPS) is 12.3. The summed E-state index contributed by atoms with van der Waals surface area (Å²) >= 11 is 0. The van der Waals surface area contributed by atoms with Crippen LogP contribution >= 0.6 is 72.6 Å². The van der Waals surface area contributed by atoms with E-state index in [1.54, 1.807) is 0 Å². The fourth-order valence-corrected chi connectivity index (χ4v) is 35.6. The summed E-state index contributed by atoms with van der Waals surface area (Å²) in [7, 11) is -19.8. The second kappa shape index (κ2) is 48.1. The smallest absolute Gasteiger partial charge is 0.323 e. The molecule has 0 fully saturated rings. The maximum atomic E-state index is 16.1. The van der Waals surface area contributed by atoms with Crippen LogP contribution in [0.3, 0.4) is 0 Å². The van der Waals surface area contributed by atoms with Gasteiger partial charge in [-0.1, -0.05) is 413 Å². The van der Waals surface area contributed by atoms with Gasteiger partial charge in [0.2, 0.25) is 0 Å². The standard InChI is InChI=1S/C54H45BO3S3.4C18H15FS/c1-10-28-46(29-11-1)59(47-30-12-2-13-31-47,48-32-14-3-15-33-48)56-55(57-60(49-34-16-4-17-35-49,50-36-18-5-19-37-50)51-38-20-6-21-39-51)58-61(52-40-22-7-23-41-52,53-42-24-8-25-43-53)54-44-26-9-27-45-54;4*19-20(16-10-4-1-5-11-16,17-12-6-2-7-13-17)18-14-8-3-9-15-18/h1-45H;4*1-15H. The van der Waals surface area contributed by atoms with Crippen molar-refractivity contribution in [3.8, 4) is 0 Å². The molecule has 21 aromatic carbocycles. The van der Waals surface area contributed by atoms with Gasteiger partial charge in [0.05, 0.1) is 0 Å². The van der Waals surface area contributed by atoms with Gasteiger partial charge in [-0.15, -0.1) is 0 Å². The minimum Gasteiger partial charge on any atom is -0.323 e. The summed E-state index contributed by atoms with van der Waals surface area (Å²) < 4.78 is 88.6. The molecule has 15 heteroatoms. The van der Waals surface area contributed by atoms with Crippen molar-refractivity contribution in [1.29, 1.82) is 0 Å².